The molecular weight excluding hydrogens is 335 g/mol. The molecule has 0 heterocycles. The molecule has 106 valence electrons. The molecule has 0 spiro atoms. The van der Waals surface area contributed by atoms with E-state index in [2.05, 4.69) is 15.9 Å². The van der Waals surface area contributed by atoms with Gasteiger partial charge in [0.15, 0.2) is 23.1 Å². The van der Waals surface area contributed by atoms with Gasteiger partial charge >= 0.3 is 0 Å². The lowest BCUT2D eigenvalue weighted by molar-refractivity contribution is 0.396. The van der Waals surface area contributed by atoms with Crippen molar-refractivity contribution in [1.29, 1.82) is 0 Å². The molecule has 0 saturated carbocycles. The summed E-state index contributed by atoms with van der Waals surface area (Å²) in [5.74, 6) is -3.56. The molecule has 2 aromatic carbocycles. The summed E-state index contributed by atoms with van der Waals surface area (Å²) in [5, 5.41) is 0. The van der Waals surface area contributed by atoms with Gasteiger partial charge in [-0.05, 0) is 36.8 Å². The summed E-state index contributed by atoms with van der Waals surface area (Å²) in [7, 11) is 0. The van der Waals surface area contributed by atoms with Crippen LogP contribution in [0.5, 0.6) is 11.5 Å². The lowest BCUT2D eigenvalue weighted by atomic mass is 10.1. The third-order valence-electron chi connectivity index (χ3n) is 2.66. The van der Waals surface area contributed by atoms with Crippen LogP contribution in [-0.2, 0) is 0 Å². The quantitative estimate of drug-likeness (QED) is 0.819. The maximum Gasteiger partial charge on any atom is 0.201 e. The molecule has 0 fully saturated rings. The Hall–Kier alpha value is -1.53. The van der Waals surface area contributed by atoms with Crippen molar-refractivity contribution in [2.24, 2.45) is 5.73 Å². The monoisotopic (exact) mass is 345 g/mol. The number of hydrogen-bond donors (Lipinski definition) is 1. The Morgan fingerprint density at radius 1 is 1.05 bits per heavy atom. The molecule has 2 aromatic rings. The van der Waals surface area contributed by atoms with E-state index in [1.807, 2.05) is 0 Å². The molecule has 0 amide bonds. The number of benzene rings is 2. The second kappa shape index (κ2) is 5.85. The normalized spacial score (nSPS) is 12.3. The van der Waals surface area contributed by atoms with E-state index in [9.17, 15) is 13.2 Å². The fourth-order valence-corrected chi connectivity index (χ4v) is 2.02. The second-order valence-electron chi connectivity index (χ2n) is 4.28. The fraction of sp³-hybridized carbons (Fsp3) is 0.143. The zero-order chi connectivity index (χ0) is 14.9. The number of hydrogen-bond acceptors (Lipinski definition) is 2. The van der Waals surface area contributed by atoms with E-state index in [4.69, 9.17) is 10.5 Å². The van der Waals surface area contributed by atoms with Crippen LogP contribution in [0.15, 0.2) is 34.8 Å². The molecule has 1 atom stereocenters. The van der Waals surface area contributed by atoms with Crippen LogP contribution in [0.2, 0.25) is 0 Å². The maximum absolute atomic E-state index is 13.8. The molecule has 0 aliphatic carbocycles. The van der Waals surface area contributed by atoms with Crippen molar-refractivity contribution >= 4 is 15.9 Å². The summed E-state index contributed by atoms with van der Waals surface area (Å²) >= 11 is 3.01. The standard InChI is InChI=1S/C14H11BrF3NO/c1-7(19)8-2-3-12(10(16)4-8)20-13-6-9(15)5-11(17)14(13)18/h2-7H,19H2,1H3/t7-/m1/s1. The van der Waals surface area contributed by atoms with Gasteiger partial charge in [-0.25, -0.2) is 8.78 Å². The Morgan fingerprint density at radius 3 is 2.35 bits per heavy atom. The highest BCUT2D eigenvalue weighted by Gasteiger charge is 2.15. The highest BCUT2D eigenvalue weighted by atomic mass is 79.9. The van der Waals surface area contributed by atoms with Gasteiger partial charge in [0.2, 0.25) is 5.82 Å². The lowest BCUT2D eigenvalue weighted by Gasteiger charge is -2.11. The molecular formula is C14H11BrF3NO. The van der Waals surface area contributed by atoms with Crippen molar-refractivity contribution in [3.05, 3.63) is 57.8 Å². The third kappa shape index (κ3) is 3.13. The van der Waals surface area contributed by atoms with Crippen molar-refractivity contribution in [3.8, 4) is 11.5 Å². The van der Waals surface area contributed by atoms with Gasteiger partial charge in [-0.15, -0.1) is 0 Å². The van der Waals surface area contributed by atoms with Gasteiger partial charge in [0.25, 0.3) is 0 Å². The van der Waals surface area contributed by atoms with Crippen LogP contribution in [0.3, 0.4) is 0 Å². The molecule has 0 aromatic heterocycles. The average Bonchev–Trinajstić information content (AvgIpc) is 2.37. The average molecular weight is 346 g/mol. The van der Waals surface area contributed by atoms with Crippen LogP contribution in [0.1, 0.15) is 18.5 Å². The highest BCUT2D eigenvalue weighted by Crippen LogP contribution is 2.31. The molecule has 2 nitrogen and oxygen atoms in total. The van der Waals surface area contributed by atoms with Gasteiger partial charge in [0.05, 0.1) is 0 Å². The van der Waals surface area contributed by atoms with E-state index in [1.165, 1.54) is 18.2 Å². The van der Waals surface area contributed by atoms with E-state index in [0.29, 0.717) is 10.0 Å². The molecule has 6 heteroatoms. The number of ether oxygens (including phenoxy) is 1. The molecule has 0 aliphatic heterocycles. The van der Waals surface area contributed by atoms with Crippen LogP contribution >= 0.6 is 15.9 Å². The number of halogens is 4. The van der Waals surface area contributed by atoms with Crippen LogP contribution in [0.25, 0.3) is 0 Å². The predicted molar refractivity (Wildman–Crippen MR) is 73.1 cm³/mol. The first-order valence-corrected chi connectivity index (χ1v) is 6.55. The minimum absolute atomic E-state index is 0.203. The zero-order valence-corrected chi connectivity index (χ0v) is 12.0. The molecule has 0 radical (unpaired) electrons. The maximum atomic E-state index is 13.8. The minimum atomic E-state index is -1.18. The summed E-state index contributed by atoms with van der Waals surface area (Å²) in [4.78, 5) is 0. The molecule has 0 aliphatic rings. The molecule has 0 unspecified atom stereocenters. The third-order valence-corrected chi connectivity index (χ3v) is 3.12. The Balaban J connectivity index is 2.35. The zero-order valence-electron chi connectivity index (χ0n) is 10.5. The van der Waals surface area contributed by atoms with E-state index in [0.717, 1.165) is 6.07 Å². The van der Waals surface area contributed by atoms with Gasteiger partial charge in [-0.3, -0.25) is 0 Å². The van der Waals surface area contributed by atoms with Gasteiger partial charge in [-0.2, -0.15) is 4.39 Å². The highest BCUT2D eigenvalue weighted by molar-refractivity contribution is 9.10. The van der Waals surface area contributed by atoms with Crippen LogP contribution < -0.4 is 10.5 Å². The van der Waals surface area contributed by atoms with Gasteiger partial charge in [-0.1, -0.05) is 22.0 Å². The molecule has 20 heavy (non-hydrogen) atoms. The van der Waals surface area contributed by atoms with Crippen LogP contribution in [0.4, 0.5) is 13.2 Å². The fourth-order valence-electron chi connectivity index (χ4n) is 1.61. The van der Waals surface area contributed by atoms with Crippen molar-refractivity contribution in [2.45, 2.75) is 13.0 Å². The Kier molecular flexibility index (Phi) is 4.35. The summed E-state index contributed by atoms with van der Waals surface area (Å²) in [6.07, 6.45) is 0. The summed E-state index contributed by atoms with van der Waals surface area (Å²) in [6.45, 7) is 1.71. The Labute approximate surface area is 122 Å². The molecule has 2 N–H and O–H groups in total. The van der Waals surface area contributed by atoms with E-state index in [1.54, 1.807) is 13.0 Å². The smallest absolute Gasteiger partial charge is 0.201 e. The molecule has 0 bridgehead atoms. The van der Waals surface area contributed by atoms with E-state index < -0.39 is 23.2 Å². The van der Waals surface area contributed by atoms with Crippen molar-refractivity contribution in [2.75, 3.05) is 0 Å². The second-order valence-corrected chi connectivity index (χ2v) is 5.20. The van der Waals surface area contributed by atoms with Crippen molar-refractivity contribution in [1.82, 2.24) is 0 Å². The van der Waals surface area contributed by atoms with E-state index in [-0.39, 0.29) is 11.8 Å². The predicted octanol–water partition coefficient (Wildman–Crippen LogP) is 4.68. The van der Waals surface area contributed by atoms with Gasteiger partial charge in [0.1, 0.15) is 0 Å². The van der Waals surface area contributed by atoms with Crippen LogP contribution in [-0.4, -0.2) is 0 Å². The first kappa shape index (κ1) is 14.9. The number of rotatable bonds is 3. The lowest BCUT2D eigenvalue weighted by Crippen LogP contribution is -2.05. The largest absolute Gasteiger partial charge is 0.451 e. The topological polar surface area (TPSA) is 35.2 Å². The van der Waals surface area contributed by atoms with Gasteiger partial charge < -0.3 is 10.5 Å². The first-order valence-electron chi connectivity index (χ1n) is 5.76. The molecule has 0 saturated heterocycles. The Bertz CT molecular complexity index is 647. The Morgan fingerprint density at radius 2 is 1.75 bits per heavy atom. The molecule has 2 rings (SSSR count). The van der Waals surface area contributed by atoms with Gasteiger partial charge in [0, 0.05) is 10.5 Å². The first-order chi connectivity index (χ1) is 9.38. The van der Waals surface area contributed by atoms with Crippen LogP contribution in [0, 0.1) is 17.5 Å². The van der Waals surface area contributed by atoms with E-state index >= 15 is 0 Å². The van der Waals surface area contributed by atoms with Crippen molar-refractivity contribution < 1.29 is 17.9 Å². The van der Waals surface area contributed by atoms with Crippen molar-refractivity contribution in [3.63, 3.8) is 0 Å². The SMILES string of the molecule is C[C@@H](N)c1ccc(Oc2cc(Br)cc(F)c2F)c(F)c1. The summed E-state index contributed by atoms with van der Waals surface area (Å²) < 4.78 is 45.9. The minimum Gasteiger partial charge on any atom is -0.451 e. The number of nitrogens with two attached hydrogens (primary N) is 1. The summed E-state index contributed by atoms with van der Waals surface area (Å²) in [6, 6.07) is 5.93. The summed E-state index contributed by atoms with van der Waals surface area (Å²) in [5.41, 5.74) is 6.21.